The Bertz CT molecular complexity index is 777. The van der Waals surface area contributed by atoms with E-state index in [4.69, 9.17) is 0 Å². The molecule has 4 heteroatoms. The van der Waals surface area contributed by atoms with Gasteiger partial charge in [-0.3, -0.25) is 9.59 Å². The number of hydrogen-bond donors (Lipinski definition) is 1. The molecule has 0 spiro atoms. The normalized spacial score (nSPS) is 15.0. The number of hydrogen-bond acceptors (Lipinski definition) is 2. The van der Waals surface area contributed by atoms with Crippen LogP contribution in [0.4, 0.5) is 5.69 Å². The maximum absolute atomic E-state index is 12.7. The van der Waals surface area contributed by atoms with Crippen LogP contribution in [0, 0.1) is 19.8 Å². The molecule has 130 valence electrons. The van der Waals surface area contributed by atoms with Gasteiger partial charge in [-0.05, 0) is 49.9 Å². The van der Waals surface area contributed by atoms with Gasteiger partial charge in [0.05, 0.1) is 0 Å². The van der Waals surface area contributed by atoms with Gasteiger partial charge in [0.2, 0.25) is 5.91 Å². The fourth-order valence-corrected chi connectivity index (χ4v) is 3.28. The van der Waals surface area contributed by atoms with E-state index in [0.29, 0.717) is 25.9 Å². The van der Waals surface area contributed by atoms with Gasteiger partial charge in [0.1, 0.15) is 0 Å². The molecule has 3 rings (SSSR count). The zero-order chi connectivity index (χ0) is 17.8. The molecule has 2 aromatic carbocycles. The topological polar surface area (TPSA) is 49.4 Å². The molecule has 4 nitrogen and oxygen atoms in total. The van der Waals surface area contributed by atoms with Crippen molar-refractivity contribution in [3.63, 3.8) is 0 Å². The van der Waals surface area contributed by atoms with E-state index in [2.05, 4.69) is 5.32 Å². The monoisotopic (exact) mass is 336 g/mol. The van der Waals surface area contributed by atoms with Crippen molar-refractivity contribution in [3.05, 3.63) is 65.2 Å². The maximum Gasteiger partial charge on any atom is 0.254 e. The minimum atomic E-state index is -0.0412. The van der Waals surface area contributed by atoms with Crippen LogP contribution in [0.3, 0.4) is 0 Å². The summed E-state index contributed by atoms with van der Waals surface area (Å²) in [6.45, 7) is 5.19. The Morgan fingerprint density at radius 1 is 0.920 bits per heavy atom. The standard InChI is InChI=1S/C21H24N2O2/c1-15-7-3-5-9-18(15)21(25)23-13-11-17(12-14-23)20(24)22-19-10-6-4-8-16(19)2/h3-10,17H,11-14H2,1-2H3,(H,22,24). The quantitative estimate of drug-likeness (QED) is 0.927. The lowest BCUT2D eigenvalue weighted by molar-refractivity contribution is -0.121. The number of para-hydroxylation sites is 1. The molecule has 0 aliphatic carbocycles. The van der Waals surface area contributed by atoms with E-state index in [-0.39, 0.29) is 17.7 Å². The van der Waals surface area contributed by atoms with Crippen LogP contribution < -0.4 is 5.32 Å². The Labute approximate surface area is 148 Å². The van der Waals surface area contributed by atoms with Gasteiger partial charge < -0.3 is 10.2 Å². The van der Waals surface area contributed by atoms with Gasteiger partial charge in [-0.2, -0.15) is 0 Å². The number of amides is 2. The van der Waals surface area contributed by atoms with Gasteiger partial charge in [-0.1, -0.05) is 36.4 Å². The molecule has 1 N–H and O–H groups in total. The minimum absolute atomic E-state index is 0.0412. The molecule has 1 saturated heterocycles. The summed E-state index contributed by atoms with van der Waals surface area (Å²) in [5, 5.41) is 3.02. The number of piperidine rings is 1. The first-order chi connectivity index (χ1) is 12.1. The zero-order valence-corrected chi connectivity index (χ0v) is 14.8. The zero-order valence-electron chi connectivity index (χ0n) is 14.8. The summed E-state index contributed by atoms with van der Waals surface area (Å²) >= 11 is 0. The summed E-state index contributed by atoms with van der Waals surface area (Å²) in [6, 6.07) is 15.4. The van der Waals surface area contributed by atoms with E-state index < -0.39 is 0 Å². The van der Waals surface area contributed by atoms with Crippen molar-refractivity contribution in [1.29, 1.82) is 0 Å². The molecule has 0 radical (unpaired) electrons. The first-order valence-corrected chi connectivity index (χ1v) is 8.77. The summed E-state index contributed by atoms with van der Waals surface area (Å²) < 4.78 is 0. The van der Waals surface area contributed by atoms with Crippen LogP contribution in [-0.2, 0) is 4.79 Å². The number of nitrogens with one attached hydrogen (secondary N) is 1. The fourth-order valence-electron chi connectivity index (χ4n) is 3.28. The number of benzene rings is 2. The van der Waals surface area contributed by atoms with E-state index in [9.17, 15) is 9.59 Å². The van der Waals surface area contributed by atoms with Crippen LogP contribution in [-0.4, -0.2) is 29.8 Å². The highest BCUT2D eigenvalue weighted by Crippen LogP contribution is 2.22. The second-order valence-corrected chi connectivity index (χ2v) is 6.69. The summed E-state index contributed by atoms with van der Waals surface area (Å²) in [5.41, 5.74) is 3.67. The summed E-state index contributed by atoms with van der Waals surface area (Å²) in [7, 11) is 0. The predicted octanol–water partition coefficient (Wildman–Crippen LogP) is 3.79. The van der Waals surface area contributed by atoms with Crippen molar-refractivity contribution < 1.29 is 9.59 Å². The highest BCUT2D eigenvalue weighted by molar-refractivity contribution is 5.96. The largest absolute Gasteiger partial charge is 0.339 e. The third-order valence-corrected chi connectivity index (χ3v) is 4.93. The Hall–Kier alpha value is -2.62. The van der Waals surface area contributed by atoms with E-state index in [1.165, 1.54) is 0 Å². The average Bonchev–Trinajstić information content (AvgIpc) is 2.63. The number of nitrogens with zero attached hydrogens (tertiary/aromatic N) is 1. The fraction of sp³-hybridized carbons (Fsp3) is 0.333. The van der Waals surface area contributed by atoms with Crippen LogP contribution in [0.15, 0.2) is 48.5 Å². The maximum atomic E-state index is 12.7. The molecule has 1 aliphatic heterocycles. The molecule has 0 bridgehead atoms. The Morgan fingerprint density at radius 3 is 2.16 bits per heavy atom. The van der Waals surface area contributed by atoms with E-state index in [1.54, 1.807) is 0 Å². The highest BCUT2D eigenvalue weighted by atomic mass is 16.2. The van der Waals surface area contributed by atoms with Crippen molar-refractivity contribution >= 4 is 17.5 Å². The van der Waals surface area contributed by atoms with E-state index >= 15 is 0 Å². The van der Waals surface area contributed by atoms with Crippen LogP contribution >= 0.6 is 0 Å². The first-order valence-electron chi connectivity index (χ1n) is 8.77. The molecule has 1 heterocycles. The van der Waals surface area contributed by atoms with Crippen LogP contribution in [0.5, 0.6) is 0 Å². The van der Waals surface area contributed by atoms with Gasteiger partial charge in [0.25, 0.3) is 5.91 Å². The lowest BCUT2D eigenvalue weighted by atomic mass is 9.94. The summed E-state index contributed by atoms with van der Waals surface area (Å²) in [6.07, 6.45) is 1.41. The smallest absolute Gasteiger partial charge is 0.254 e. The van der Waals surface area contributed by atoms with E-state index in [0.717, 1.165) is 22.4 Å². The van der Waals surface area contributed by atoms with Crippen LogP contribution in [0.2, 0.25) is 0 Å². The molecule has 0 atom stereocenters. The summed E-state index contributed by atoms with van der Waals surface area (Å²) in [4.78, 5) is 27.0. The third kappa shape index (κ3) is 3.90. The van der Waals surface area contributed by atoms with Crippen molar-refractivity contribution in [2.24, 2.45) is 5.92 Å². The molecular formula is C21H24N2O2. The lowest BCUT2D eigenvalue weighted by Gasteiger charge is -2.31. The van der Waals surface area contributed by atoms with Crippen molar-refractivity contribution in [3.8, 4) is 0 Å². The predicted molar refractivity (Wildman–Crippen MR) is 99.6 cm³/mol. The SMILES string of the molecule is Cc1ccccc1NC(=O)C1CCN(C(=O)c2ccccc2C)CC1. The van der Waals surface area contributed by atoms with Crippen molar-refractivity contribution in [2.75, 3.05) is 18.4 Å². The molecule has 1 fully saturated rings. The number of likely N-dealkylation sites (tertiary alicyclic amines) is 1. The molecule has 0 unspecified atom stereocenters. The number of carbonyl (C=O) groups excluding carboxylic acids is 2. The van der Waals surface area contributed by atoms with Crippen molar-refractivity contribution in [2.45, 2.75) is 26.7 Å². The van der Waals surface area contributed by atoms with Gasteiger partial charge in [0.15, 0.2) is 0 Å². The number of rotatable bonds is 3. The van der Waals surface area contributed by atoms with Gasteiger partial charge in [-0.25, -0.2) is 0 Å². The van der Waals surface area contributed by atoms with Crippen LogP contribution in [0.25, 0.3) is 0 Å². The molecule has 2 aromatic rings. The van der Waals surface area contributed by atoms with Crippen LogP contribution in [0.1, 0.15) is 34.3 Å². The first kappa shape index (κ1) is 17.2. The molecule has 25 heavy (non-hydrogen) atoms. The number of anilines is 1. The molecule has 2 amide bonds. The summed E-state index contributed by atoms with van der Waals surface area (Å²) in [5.74, 6) is 0.0775. The molecule has 0 aromatic heterocycles. The number of aryl methyl sites for hydroxylation is 2. The minimum Gasteiger partial charge on any atom is -0.339 e. The van der Waals surface area contributed by atoms with Gasteiger partial charge in [0, 0.05) is 30.3 Å². The van der Waals surface area contributed by atoms with E-state index in [1.807, 2.05) is 67.3 Å². The Balaban J connectivity index is 1.58. The second-order valence-electron chi connectivity index (χ2n) is 6.69. The molecule has 0 saturated carbocycles. The molecule has 1 aliphatic rings. The van der Waals surface area contributed by atoms with Gasteiger partial charge >= 0.3 is 0 Å². The Morgan fingerprint density at radius 2 is 1.52 bits per heavy atom. The van der Waals surface area contributed by atoms with Crippen molar-refractivity contribution in [1.82, 2.24) is 4.90 Å². The lowest BCUT2D eigenvalue weighted by Crippen LogP contribution is -2.41. The number of carbonyl (C=O) groups is 2. The molecular weight excluding hydrogens is 312 g/mol. The second kappa shape index (κ2) is 7.51. The highest BCUT2D eigenvalue weighted by Gasteiger charge is 2.28. The Kier molecular flexibility index (Phi) is 5.17. The van der Waals surface area contributed by atoms with Gasteiger partial charge in [-0.15, -0.1) is 0 Å². The average molecular weight is 336 g/mol. The third-order valence-electron chi connectivity index (χ3n) is 4.93.